The first-order valence-electron chi connectivity index (χ1n) is 12.1. The third-order valence-corrected chi connectivity index (χ3v) is 5.69. The Morgan fingerprint density at radius 2 is 1.63 bits per heavy atom. The van der Waals surface area contributed by atoms with Crippen LogP contribution in [0.1, 0.15) is 19.8 Å². The Bertz CT molecular complexity index is 1410. The van der Waals surface area contributed by atoms with Gasteiger partial charge in [-0.1, -0.05) is 43.7 Å². The number of nitrogens with one attached hydrogen (secondary N) is 2. The highest BCUT2D eigenvalue weighted by Gasteiger charge is 2.20. The summed E-state index contributed by atoms with van der Waals surface area (Å²) < 4.78 is 41.8. The van der Waals surface area contributed by atoms with Gasteiger partial charge in [-0.2, -0.15) is 5.10 Å². The molecule has 0 aliphatic heterocycles. The molecule has 0 radical (unpaired) electrons. The second kappa shape index (κ2) is 12.1. The van der Waals surface area contributed by atoms with Gasteiger partial charge in [0.2, 0.25) is 5.91 Å². The molecule has 2 N–H and O–H groups in total. The molecule has 0 spiro atoms. The Morgan fingerprint density at radius 3 is 2.32 bits per heavy atom. The second-order valence-electron chi connectivity index (χ2n) is 8.55. The average molecular weight is 522 g/mol. The number of benzene rings is 3. The van der Waals surface area contributed by atoms with Crippen molar-refractivity contribution in [1.29, 1.82) is 0 Å². The van der Waals surface area contributed by atoms with Crippen LogP contribution in [0.15, 0.2) is 78.9 Å². The lowest BCUT2D eigenvalue weighted by Gasteiger charge is -2.22. The van der Waals surface area contributed by atoms with Gasteiger partial charge in [-0.05, 0) is 42.8 Å². The highest BCUT2D eigenvalue weighted by atomic mass is 19.2. The fourth-order valence-corrected chi connectivity index (χ4v) is 3.73. The fourth-order valence-electron chi connectivity index (χ4n) is 3.73. The van der Waals surface area contributed by atoms with Crippen LogP contribution in [0.4, 0.5) is 29.5 Å². The predicted molar refractivity (Wildman–Crippen MR) is 139 cm³/mol. The van der Waals surface area contributed by atoms with Gasteiger partial charge in [0, 0.05) is 29.9 Å². The molecule has 0 aliphatic rings. The van der Waals surface area contributed by atoms with E-state index in [1.165, 1.54) is 39.9 Å². The topological polar surface area (TPSA) is 79.3 Å². The van der Waals surface area contributed by atoms with Crippen molar-refractivity contribution < 1.29 is 22.8 Å². The molecule has 3 amide bonds. The maximum Gasteiger partial charge on any atom is 0.322 e. The summed E-state index contributed by atoms with van der Waals surface area (Å²) in [5.74, 6) is -2.70. The number of halogens is 3. The van der Waals surface area contributed by atoms with Crippen molar-refractivity contribution in [3.63, 3.8) is 0 Å². The van der Waals surface area contributed by atoms with Crippen molar-refractivity contribution in [3.05, 3.63) is 96.3 Å². The number of carbonyl (C=O) groups is 2. The number of aromatic nitrogens is 2. The number of hydrogen-bond acceptors (Lipinski definition) is 3. The highest BCUT2D eigenvalue weighted by Crippen LogP contribution is 2.25. The molecule has 38 heavy (non-hydrogen) atoms. The summed E-state index contributed by atoms with van der Waals surface area (Å²) in [5.41, 5.74) is 2.00. The zero-order chi connectivity index (χ0) is 27.1. The molecule has 1 aromatic heterocycles. The first-order valence-corrected chi connectivity index (χ1v) is 12.1. The highest BCUT2D eigenvalue weighted by molar-refractivity contribution is 5.97. The van der Waals surface area contributed by atoms with Gasteiger partial charge < -0.3 is 15.5 Å². The standard InChI is InChI=1S/C28H26F3N5O2/c1-2-3-15-35(28(38)32-21-11-14-23(30)24(31)16-21)18-27(37)33-26-17-25(19-7-5-4-6-8-19)34-36(26)22-12-9-20(29)10-13-22/h4-14,16-17H,2-3,15,18H2,1H3,(H,32,38)(H,33,37). The summed E-state index contributed by atoms with van der Waals surface area (Å²) in [6, 6.07) is 19.1. The summed E-state index contributed by atoms with van der Waals surface area (Å²) in [7, 11) is 0. The van der Waals surface area contributed by atoms with Crippen LogP contribution >= 0.6 is 0 Å². The van der Waals surface area contributed by atoms with Crippen LogP contribution in [0.25, 0.3) is 16.9 Å². The predicted octanol–water partition coefficient (Wildman–Crippen LogP) is 6.23. The lowest BCUT2D eigenvalue weighted by molar-refractivity contribution is -0.116. The van der Waals surface area contributed by atoms with E-state index in [0.717, 1.165) is 24.1 Å². The molecule has 0 saturated heterocycles. The zero-order valence-corrected chi connectivity index (χ0v) is 20.6. The van der Waals surface area contributed by atoms with Gasteiger partial charge in [-0.3, -0.25) is 4.79 Å². The van der Waals surface area contributed by atoms with E-state index >= 15 is 0 Å². The monoisotopic (exact) mass is 521 g/mol. The quantitative estimate of drug-likeness (QED) is 0.274. The number of amides is 3. The summed E-state index contributed by atoms with van der Waals surface area (Å²) in [6.07, 6.45) is 1.40. The minimum atomic E-state index is -1.09. The summed E-state index contributed by atoms with van der Waals surface area (Å²) in [5, 5.41) is 9.89. The molecule has 0 bridgehead atoms. The van der Waals surface area contributed by atoms with Crippen molar-refractivity contribution in [1.82, 2.24) is 14.7 Å². The van der Waals surface area contributed by atoms with Crippen molar-refractivity contribution in [3.8, 4) is 16.9 Å². The van der Waals surface area contributed by atoms with Crippen molar-refractivity contribution in [2.24, 2.45) is 0 Å². The van der Waals surface area contributed by atoms with Gasteiger partial charge in [0.25, 0.3) is 0 Å². The number of urea groups is 1. The Morgan fingerprint density at radius 1 is 0.895 bits per heavy atom. The normalized spacial score (nSPS) is 10.7. The van der Waals surface area contributed by atoms with Crippen LogP contribution in [0.3, 0.4) is 0 Å². The van der Waals surface area contributed by atoms with E-state index in [1.54, 1.807) is 6.07 Å². The molecular weight excluding hydrogens is 495 g/mol. The van der Waals surface area contributed by atoms with Gasteiger partial charge in [0.1, 0.15) is 18.2 Å². The average Bonchev–Trinajstić information content (AvgIpc) is 3.33. The summed E-state index contributed by atoms with van der Waals surface area (Å²) in [6.45, 7) is 1.91. The van der Waals surface area contributed by atoms with E-state index < -0.39 is 29.4 Å². The van der Waals surface area contributed by atoms with Gasteiger partial charge in [-0.25, -0.2) is 22.6 Å². The molecule has 196 valence electrons. The maximum atomic E-state index is 13.6. The van der Waals surface area contributed by atoms with Gasteiger partial charge in [-0.15, -0.1) is 0 Å². The second-order valence-corrected chi connectivity index (χ2v) is 8.55. The van der Waals surface area contributed by atoms with Crippen molar-refractivity contribution in [2.75, 3.05) is 23.7 Å². The third kappa shape index (κ3) is 6.58. The van der Waals surface area contributed by atoms with Gasteiger partial charge >= 0.3 is 6.03 Å². The lowest BCUT2D eigenvalue weighted by Crippen LogP contribution is -2.41. The van der Waals surface area contributed by atoms with E-state index in [0.29, 0.717) is 23.6 Å². The molecule has 0 unspecified atom stereocenters. The number of anilines is 2. The summed E-state index contributed by atoms with van der Waals surface area (Å²) in [4.78, 5) is 27.2. The van der Waals surface area contributed by atoms with Gasteiger partial charge in [0.05, 0.1) is 11.4 Å². The van der Waals surface area contributed by atoms with Crippen LogP contribution in [-0.2, 0) is 4.79 Å². The first-order chi connectivity index (χ1) is 18.3. The number of hydrogen-bond donors (Lipinski definition) is 2. The largest absolute Gasteiger partial charge is 0.322 e. The molecule has 4 aromatic rings. The maximum absolute atomic E-state index is 13.6. The minimum absolute atomic E-state index is 0.0673. The van der Waals surface area contributed by atoms with E-state index in [1.807, 2.05) is 37.3 Å². The number of nitrogens with zero attached hydrogens (tertiary/aromatic N) is 3. The van der Waals surface area contributed by atoms with Crippen LogP contribution in [0, 0.1) is 17.5 Å². The van der Waals surface area contributed by atoms with E-state index in [2.05, 4.69) is 15.7 Å². The first kappa shape index (κ1) is 26.5. The van der Waals surface area contributed by atoms with Gasteiger partial charge in [0.15, 0.2) is 11.6 Å². The molecule has 3 aromatic carbocycles. The van der Waals surface area contributed by atoms with Crippen LogP contribution in [0.5, 0.6) is 0 Å². The molecule has 0 aliphatic carbocycles. The molecule has 7 nitrogen and oxygen atoms in total. The number of carbonyl (C=O) groups excluding carboxylic acids is 2. The van der Waals surface area contributed by atoms with Crippen LogP contribution < -0.4 is 10.6 Å². The van der Waals surface area contributed by atoms with Crippen molar-refractivity contribution >= 4 is 23.4 Å². The smallest absolute Gasteiger partial charge is 0.315 e. The lowest BCUT2D eigenvalue weighted by atomic mass is 10.1. The molecule has 1 heterocycles. The van der Waals surface area contributed by atoms with Crippen molar-refractivity contribution in [2.45, 2.75) is 19.8 Å². The number of rotatable bonds is 9. The molecule has 4 rings (SSSR count). The Labute approximate surface area is 217 Å². The molecule has 0 saturated carbocycles. The fraction of sp³-hybridized carbons (Fsp3) is 0.179. The molecule has 0 fully saturated rings. The van der Waals surface area contributed by atoms with E-state index in [-0.39, 0.29) is 18.8 Å². The zero-order valence-electron chi connectivity index (χ0n) is 20.6. The SMILES string of the molecule is CCCCN(CC(=O)Nc1cc(-c2ccccc2)nn1-c1ccc(F)cc1)C(=O)Nc1ccc(F)c(F)c1. The number of unbranched alkanes of at least 4 members (excludes halogenated alkanes) is 1. The Hall–Kier alpha value is -4.60. The molecular formula is C28H26F3N5O2. The molecule has 10 heteroatoms. The van der Waals surface area contributed by atoms with E-state index in [9.17, 15) is 22.8 Å². The van der Waals surface area contributed by atoms with E-state index in [4.69, 9.17) is 0 Å². The summed E-state index contributed by atoms with van der Waals surface area (Å²) >= 11 is 0. The minimum Gasteiger partial charge on any atom is -0.315 e. The Kier molecular flexibility index (Phi) is 8.42. The van der Waals surface area contributed by atoms with Crippen LogP contribution in [0.2, 0.25) is 0 Å². The van der Waals surface area contributed by atoms with Crippen LogP contribution in [-0.4, -0.2) is 39.7 Å². The molecule has 0 atom stereocenters. The Balaban J connectivity index is 1.55. The third-order valence-electron chi connectivity index (χ3n) is 5.69.